The van der Waals surface area contributed by atoms with Gasteiger partial charge in [0, 0.05) is 13.2 Å². The van der Waals surface area contributed by atoms with E-state index in [2.05, 4.69) is 5.32 Å². The molecule has 0 spiro atoms. The molecule has 2 atom stereocenters. The van der Waals surface area contributed by atoms with Crippen molar-refractivity contribution in [2.24, 2.45) is 0 Å². The van der Waals surface area contributed by atoms with E-state index in [0.717, 1.165) is 19.4 Å². The zero-order valence-electron chi connectivity index (χ0n) is 9.57. The first kappa shape index (κ1) is 11.4. The molecule has 2 unspecified atom stereocenters. The van der Waals surface area contributed by atoms with E-state index >= 15 is 0 Å². The number of piperazine rings is 1. The van der Waals surface area contributed by atoms with Crippen molar-refractivity contribution in [2.75, 3.05) is 19.7 Å². The van der Waals surface area contributed by atoms with Gasteiger partial charge < -0.3 is 15.0 Å². The average molecular weight is 226 g/mol. The first-order valence-corrected chi connectivity index (χ1v) is 5.90. The van der Waals surface area contributed by atoms with Gasteiger partial charge in [-0.25, -0.2) is 0 Å². The van der Waals surface area contributed by atoms with Crippen LogP contribution in [0.25, 0.3) is 0 Å². The Bertz CT molecular complexity index is 287. The van der Waals surface area contributed by atoms with Crippen LogP contribution in [-0.2, 0) is 14.3 Å². The van der Waals surface area contributed by atoms with Crippen molar-refractivity contribution >= 4 is 11.8 Å². The first-order valence-electron chi connectivity index (χ1n) is 5.90. The highest BCUT2D eigenvalue weighted by atomic mass is 16.5. The van der Waals surface area contributed by atoms with Crippen LogP contribution in [0, 0.1) is 0 Å². The van der Waals surface area contributed by atoms with E-state index < -0.39 is 0 Å². The highest BCUT2D eigenvalue weighted by Gasteiger charge is 2.33. The number of rotatable bonds is 3. The number of amides is 2. The highest BCUT2D eigenvalue weighted by Crippen LogP contribution is 2.15. The van der Waals surface area contributed by atoms with E-state index in [1.807, 2.05) is 6.92 Å². The Labute approximate surface area is 95.1 Å². The summed E-state index contributed by atoms with van der Waals surface area (Å²) in [5.41, 5.74) is 0. The summed E-state index contributed by atoms with van der Waals surface area (Å²) < 4.78 is 5.48. The first-order chi connectivity index (χ1) is 7.70. The fourth-order valence-electron chi connectivity index (χ4n) is 2.24. The summed E-state index contributed by atoms with van der Waals surface area (Å²) in [5.74, 6) is -0.0398. The quantitative estimate of drug-likeness (QED) is 0.731. The van der Waals surface area contributed by atoms with Gasteiger partial charge in [0.25, 0.3) is 0 Å². The Morgan fingerprint density at radius 1 is 1.50 bits per heavy atom. The fraction of sp³-hybridized carbons (Fsp3) is 0.818. The molecule has 2 aliphatic heterocycles. The summed E-state index contributed by atoms with van der Waals surface area (Å²) in [4.78, 5) is 25.0. The molecule has 0 radical (unpaired) electrons. The third kappa shape index (κ3) is 2.35. The third-order valence-electron chi connectivity index (χ3n) is 3.14. The van der Waals surface area contributed by atoms with E-state index in [9.17, 15) is 9.59 Å². The molecule has 16 heavy (non-hydrogen) atoms. The van der Waals surface area contributed by atoms with Crippen LogP contribution in [0.5, 0.6) is 0 Å². The lowest BCUT2D eigenvalue weighted by atomic mass is 10.1. The molecule has 0 aliphatic carbocycles. The molecule has 0 bridgehead atoms. The van der Waals surface area contributed by atoms with Gasteiger partial charge in [-0.2, -0.15) is 0 Å². The SMILES string of the molecule is CCC1NC(=O)CN(CC2CCCO2)C1=O. The lowest BCUT2D eigenvalue weighted by molar-refractivity contribution is -0.145. The number of hydrogen-bond acceptors (Lipinski definition) is 3. The van der Waals surface area contributed by atoms with Gasteiger partial charge in [0.1, 0.15) is 6.04 Å². The summed E-state index contributed by atoms with van der Waals surface area (Å²) in [6, 6.07) is -0.345. The molecule has 0 aromatic heterocycles. The Morgan fingerprint density at radius 2 is 2.31 bits per heavy atom. The van der Waals surface area contributed by atoms with Crippen LogP contribution in [0.4, 0.5) is 0 Å². The van der Waals surface area contributed by atoms with Crippen molar-refractivity contribution in [3.8, 4) is 0 Å². The Kier molecular flexibility index (Phi) is 3.43. The van der Waals surface area contributed by atoms with Crippen molar-refractivity contribution in [1.29, 1.82) is 0 Å². The molecular formula is C11H18N2O3. The largest absolute Gasteiger partial charge is 0.376 e. The number of nitrogens with zero attached hydrogens (tertiary/aromatic N) is 1. The smallest absolute Gasteiger partial charge is 0.245 e. The topological polar surface area (TPSA) is 58.6 Å². The molecule has 2 saturated heterocycles. The van der Waals surface area contributed by atoms with Crippen molar-refractivity contribution in [2.45, 2.75) is 38.3 Å². The number of hydrogen-bond donors (Lipinski definition) is 1. The van der Waals surface area contributed by atoms with E-state index in [4.69, 9.17) is 4.74 Å². The molecule has 5 nitrogen and oxygen atoms in total. The van der Waals surface area contributed by atoms with Crippen LogP contribution in [-0.4, -0.2) is 48.6 Å². The predicted molar refractivity (Wildman–Crippen MR) is 57.8 cm³/mol. The molecule has 2 amide bonds. The molecule has 5 heteroatoms. The average Bonchev–Trinajstić information content (AvgIpc) is 2.75. The van der Waals surface area contributed by atoms with Gasteiger partial charge >= 0.3 is 0 Å². The van der Waals surface area contributed by atoms with Gasteiger partial charge in [-0.3, -0.25) is 9.59 Å². The minimum absolute atomic E-state index is 0.0256. The van der Waals surface area contributed by atoms with Gasteiger partial charge in [-0.15, -0.1) is 0 Å². The van der Waals surface area contributed by atoms with Gasteiger partial charge in [-0.1, -0.05) is 6.92 Å². The molecule has 0 saturated carbocycles. The maximum atomic E-state index is 11.9. The minimum Gasteiger partial charge on any atom is -0.376 e. The summed E-state index contributed by atoms with van der Waals surface area (Å²) in [6.07, 6.45) is 2.80. The van der Waals surface area contributed by atoms with Crippen LogP contribution in [0.15, 0.2) is 0 Å². The zero-order chi connectivity index (χ0) is 11.5. The van der Waals surface area contributed by atoms with Gasteiger partial charge in [-0.05, 0) is 19.3 Å². The second-order valence-electron chi connectivity index (χ2n) is 4.38. The second kappa shape index (κ2) is 4.82. The van der Waals surface area contributed by atoms with E-state index in [-0.39, 0.29) is 30.5 Å². The minimum atomic E-state index is -0.345. The van der Waals surface area contributed by atoms with Crippen LogP contribution in [0.3, 0.4) is 0 Å². The summed E-state index contributed by atoms with van der Waals surface area (Å²) in [7, 11) is 0. The summed E-state index contributed by atoms with van der Waals surface area (Å²) in [5, 5.41) is 2.70. The lowest BCUT2D eigenvalue weighted by Gasteiger charge is -2.33. The van der Waals surface area contributed by atoms with E-state index in [0.29, 0.717) is 13.0 Å². The van der Waals surface area contributed by atoms with Crippen LogP contribution < -0.4 is 5.32 Å². The van der Waals surface area contributed by atoms with Gasteiger partial charge in [0.05, 0.1) is 12.6 Å². The van der Waals surface area contributed by atoms with Crippen LogP contribution >= 0.6 is 0 Å². The Hall–Kier alpha value is -1.10. The molecular weight excluding hydrogens is 208 g/mol. The monoisotopic (exact) mass is 226 g/mol. The third-order valence-corrected chi connectivity index (χ3v) is 3.14. The van der Waals surface area contributed by atoms with E-state index in [1.54, 1.807) is 4.90 Å². The van der Waals surface area contributed by atoms with Crippen molar-refractivity contribution in [1.82, 2.24) is 10.2 Å². The number of ether oxygens (including phenoxy) is 1. The van der Waals surface area contributed by atoms with Crippen molar-refractivity contribution < 1.29 is 14.3 Å². The molecule has 0 aromatic carbocycles. The number of carbonyl (C=O) groups excluding carboxylic acids is 2. The Balaban J connectivity index is 1.95. The molecule has 2 heterocycles. The number of carbonyl (C=O) groups is 2. The molecule has 90 valence electrons. The van der Waals surface area contributed by atoms with Crippen LogP contribution in [0.2, 0.25) is 0 Å². The maximum absolute atomic E-state index is 11.9. The van der Waals surface area contributed by atoms with E-state index in [1.165, 1.54) is 0 Å². The zero-order valence-corrected chi connectivity index (χ0v) is 9.57. The highest BCUT2D eigenvalue weighted by molar-refractivity contribution is 5.94. The maximum Gasteiger partial charge on any atom is 0.245 e. The summed E-state index contributed by atoms with van der Waals surface area (Å²) >= 11 is 0. The van der Waals surface area contributed by atoms with Crippen molar-refractivity contribution in [3.05, 3.63) is 0 Å². The molecule has 2 fully saturated rings. The fourth-order valence-corrected chi connectivity index (χ4v) is 2.24. The normalized spacial score (nSPS) is 30.7. The number of nitrogens with one attached hydrogen (secondary N) is 1. The molecule has 2 rings (SSSR count). The predicted octanol–water partition coefficient (Wildman–Crippen LogP) is -0.0976. The lowest BCUT2D eigenvalue weighted by Crippen LogP contribution is -2.58. The molecule has 1 N–H and O–H groups in total. The summed E-state index contributed by atoms with van der Waals surface area (Å²) in [6.45, 7) is 3.41. The van der Waals surface area contributed by atoms with Gasteiger partial charge in [0.15, 0.2) is 0 Å². The second-order valence-corrected chi connectivity index (χ2v) is 4.38. The van der Waals surface area contributed by atoms with Gasteiger partial charge in [0.2, 0.25) is 11.8 Å². The van der Waals surface area contributed by atoms with Crippen LogP contribution in [0.1, 0.15) is 26.2 Å². The molecule has 2 aliphatic rings. The standard InChI is InChI=1S/C11H18N2O3/c1-2-9-11(15)13(7-10(14)12-9)6-8-4-3-5-16-8/h8-9H,2-7H2,1H3,(H,12,14). The van der Waals surface area contributed by atoms with Crippen molar-refractivity contribution in [3.63, 3.8) is 0 Å². The molecule has 0 aromatic rings. The Morgan fingerprint density at radius 3 is 2.94 bits per heavy atom.